The minimum Gasteiger partial charge on any atom is -0.374 e. The fourth-order valence-electron chi connectivity index (χ4n) is 4.15. The van der Waals surface area contributed by atoms with Crippen LogP contribution >= 0.6 is 12.4 Å². The molecule has 4 rings (SSSR count). The minimum absolute atomic E-state index is 0. The molecule has 2 aromatic rings. The highest BCUT2D eigenvalue weighted by atomic mass is 35.5. The summed E-state index contributed by atoms with van der Waals surface area (Å²) in [5, 5.41) is 0. The van der Waals surface area contributed by atoms with Gasteiger partial charge in [-0.15, -0.1) is 12.4 Å². The van der Waals surface area contributed by atoms with Crippen LogP contribution in [-0.2, 0) is 22.9 Å². The molecule has 0 spiro atoms. The van der Waals surface area contributed by atoms with Gasteiger partial charge in [0.25, 0.3) is 0 Å². The highest BCUT2D eigenvalue weighted by Gasteiger charge is 2.37. The van der Waals surface area contributed by atoms with E-state index in [1.807, 2.05) is 0 Å². The molecule has 1 saturated carbocycles. The lowest BCUT2D eigenvalue weighted by Crippen LogP contribution is -2.43. The molecule has 31 heavy (non-hydrogen) atoms. The number of alkyl halides is 3. The van der Waals surface area contributed by atoms with Crippen molar-refractivity contribution in [1.82, 2.24) is 9.88 Å². The zero-order chi connectivity index (χ0) is 21.4. The number of hydrogen-bond acceptors (Lipinski definition) is 3. The summed E-state index contributed by atoms with van der Waals surface area (Å²) >= 11 is 0. The zero-order valence-corrected chi connectivity index (χ0v) is 18.2. The minimum atomic E-state index is -4.40. The maximum Gasteiger partial charge on any atom is 0.416 e. The Labute approximate surface area is 186 Å². The van der Waals surface area contributed by atoms with Gasteiger partial charge in [0.1, 0.15) is 5.82 Å². The van der Waals surface area contributed by atoms with E-state index in [0.717, 1.165) is 56.5 Å². The van der Waals surface area contributed by atoms with Crippen LogP contribution in [0.25, 0.3) is 0 Å². The van der Waals surface area contributed by atoms with Gasteiger partial charge in [0.2, 0.25) is 0 Å². The van der Waals surface area contributed by atoms with Crippen molar-refractivity contribution in [3.8, 4) is 0 Å². The second-order valence-electron chi connectivity index (χ2n) is 8.63. The van der Waals surface area contributed by atoms with E-state index in [2.05, 4.69) is 16.9 Å². The highest BCUT2D eigenvalue weighted by molar-refractivity contribution is 5.85. The van der Waals surface area contributed by atoms with Gasteiger partial charge in [-0.1, -0.05) is 12.1 Å². The number of pyridine rings is 1. The third-order valence-electron chi connectivity index (χ3n) is 6.25. The SMILES string of the molecule is CN1CCC(COCc2cc(C(F)(F)F)cc(C3CC3)n2)(c2ccc(F)cc2)CC1.Cl. The Bertz CT molecular complexity index is 876. The van der Waals surface area contributed by atoms with Crippen molar-refractivity contribution in [2.75, 3.05) is 26.7 Å². The molecule has 1 aliphatic heterocycles. The summed E-state index contributed by atoms with van der Waals surface area (Å²) in [5.74, 6) is -0.158. The van der Waals surface area contributed by atoms with Crippen LogP contribution in [0.5, 0.6) is 0 Å². The Morgan fingerprint density at radius 1 is 1.10 bits per heavy atom. The molecule has 2 aliphatic rings. The molecular weight excluding hydrogens is 432 g/mol. The number of rotatable bonds is 6. The first kappa shape index (κ1) is 24.0. The van der Waals surface area contributed by atoms with Crippen LogP contribution in [-0.4, -0.2) is 36.6 Å². The van der Waals surface area contributed by atoms with Crippen molar-refractivity contribution in [1.29, 1.82) is 0 Å². The average molecular weight is 459 g/mol. The Morgan fingerprint density at radius 2 is 1.74 bits per heavy atom. The Morgan fingerprint density at radius 3 is 2.32 bits per heavy atom. The molecular formula is C23H27ClF4N2O. The van der Waals surface area contributed by atoms with E-state index in [0.29, 0.717) is 18.0 Å². The predicted octanol–water partition coefficient (Wildman–Crippen LogP) is 5.72. The van der Waals surface area contributed by atoms with Crippen molar-refractivity contribution >= 4 is 12.4 Å². The summed E-state index contributed by atoms with van der Waals surface area (Å²) < 4.78 is 59.3. The normalized spacial score (nSPS) is 19.1. The zero-order valence-electron chi connectivity index (χ0n) is 17.4. The molecule has 1 saturated heterocycles. The fraction of sp³-hybridized carbons (Fsp3) is 0.522. The summed E-state index contributed by atoms with van der Waals surface area (Å²) in [6, 6.07) is 8.73. The van der Waals surface area contributed by atoms with E-state index in [9.17, 15) is 17.6 Å². The number of nitrogens with zero attached hydrogens (tertiary/aromatic N) is 2. The standard InChI is InChI=1S/C23H26F4N2O.ClH/c1-29-10-8-22(9-11-29,17-4-6-19(24)7-5-17)15-30-14-20-12-18(23(25,26)27)13-21(28-20)16-2-3-16;/h4-7,12-13,16H,2-3,8-11,14-15H2,1H3;1H. The third kappa shape index (κ3) is 5.76. The van der Waals surface area contributed by atoms with E-state index in [1.54, 1.807) is 12.1 Å². The van der Waals surface area contributed by atoms with E-state index < -0.39 is 11.7 Å². The molecule has 0 N–H and O–H groups in total. The lowest BCUT2D eigenvalue weighted by molar-refractivity contribution is -0.137. The van der Waals surface area contributed by atoms with Crippen LogP contribution in [0.15, 0.2) is 36.4 Å². The number of aromatic nitrogens is 1. The van der Waals surface area contributed by atoms with Crippen LogP contribution in [0.3, 0.4) is 0 Å². The molecule has 8 heteroatoms. The number of ether oxygens (including phenoxy) is 1. The maximum atomic E-state index is 13.4. The average Bonchev–Trinajstić information content (AvgIpc) is 3.55. The Hall–Kier alpha value is -1.70. The Balaban J connectivity index is 0.00000272. The fourth-order valence-corrected chi connectivity index (χ4v) is 4.15. The van der Waals surface area contributed by atoms with Crippen LogP contribution in [0.4, 0.5) is 17.6 Å². The van der Waals surface area contributed by atoms with Crippen LogP contribution in [0.1, 0.15) is 54.1 Å². The van der Waals surface area contributed by atoms with Gasteiger partial charge < -0.3 is 9.64 Å². The lowest BCUT2D eigenvalue weighted by atomic mass is 9.73. The molecule has 0 unspecified atom stereocenters. The van der Waals surface area contributed by atoms with Crippen molar-refractivity contribution in [3.63, 3.8) is 0 Å². The van der Waals surface area contributed by atoms with E-state index in [4.69, 9.17) is 4.74 Å². The highest BCUT2D eigenvalue weighted by Crippen LogP contribution is 2.41. The molecule has 0 atom stereocenters. The van der Waals surface area contributed by atoms with Crippen molar-refractivity contribution < 1.29 is 22.3 Å². The first-order chi connectivity index (χ1) is 14.2. The summed E-state index contributed by atoms with van der Waals surface area (Å²) in [4.78, 5) is 6.66. The quantitative estimate of drug-likeness (QED) is 0.518. The number of piperidine rings is 1. The van der Waals surface area contributed by atoms with Crippen LogP contribution in [0.2, 0.25) is 0 Å². The number of benzene rings is 1. The van der Waals surface area contributed by atoms with Gasteiger partial charge in [-0.3, -0.25) is 4.98 Å². The molecule has 1 aromatic carbocycles. The van der Waals surface area contributed by atoms with Gasteiger partial charge in [0, 0.05) is 17.0 Å². The first-order valence-electron chi connectivity index (χ1n) is 10.4. The molecule has 0 radical (unpaired) electrons. The van der Waals surface area contributed by atoms with Gasteiger partial charge in [-0.05, 0) is 75.6 Å². The van der Waals surface area contributed by atoms with Crippen LogP contribution < -0.4 is 0 Å². The summed E-state index contributed by atoms with van der Waals surface area (Å²) in [6.07, 6.45) is -0.937. The second kappa shape index (κ2) is 9.43. The first-order valence-corrected chi connectivity index (χ1v) is 10.4. The van der Waals surface area contributed by atoms with Gasteiger partial charge in [0.15, 0.2) is 0 Å². The predicted molar refractivity (Wildman–Crippen MR) is 113 cm³/mol. The Kier molecular flexibility index (Phi) is 7.28. The smallest absolute Gasteiger partial charge is 0.374 e. The molecule has 3 nitrogen and oxygen atoms in total. The molecule has 170 valence electrons. The molecule has 1 aromatic heterocycles. The van der Waals surface area contributed by atoms with Crippen molar-refractivity contribution in [2.24, 2.45) is 0 Å². The molecule has 2 heterocycles. The summed E-state index contributed by atoms with van der Waals surface area (Å²) in [6.45, 7) is 2.16. The summed E-state index contributed by atoms with van der Waals surface area (Å²) in [7, 11) is 2.06. The van der Waals surface area contributed by atoms with Gasteiger partial charge in [-0.2, -0.15) is 13.2 Å². The largest absolute Gasteiger partial charge is 0.416 e. The molecule has 0 amide bonds. The van der Waals surface area contributed by atoms with Crippen LogP contribution in [0, 0.1) is 5.82 Å². The van der Waals surface area contributed by atoms with E-state index in [-0.39, 0.29) is 36.2 Å². The molecule has 0 bridgehead atoms. The summed E-state index contributed by atoms with van der Waals surface area (Å²) in [5.41, 5.74) is 0.893. The number of hydrogen-bond donors (Lipinski definition) is 0. The monoisotopic (exact) mass is 458 g/mol. The third-order valence-corrected chi connectivity index (χ3v) is 6.25. The van der Waals surface area contributed by atoms with E-state index in [1.165, 1.54) is 12.1 Å². The van der Waals surface area contributed by atoms with Gasteiger partial charge in [-0.25, -0.2) is 4.39 Å². The van der Waals surface area contributed by atoms with Gasteiger partial charge in [0.05, 0.1) is 24.5 Å². The molecule has 1 aliphatic carbocycles. The lowest BCUT2D eigenvalue weighted by Gasteiger charge is -2.41. The second-order valence-corrected chi connectivity index (χ2v) is 8.63. The molecule has 2 fully saturated rings. The van der Waals surface area contributed by atoms with E-state index >= 15 is 0 Å². The number of likely N-dealkylation sites (tertiary alicyclic amines) is 1. The topological polar surface area (TPSA) is 25.4 Å². The van der Waals surface area contributed by atoms with Crippen molar-refractivity contribution in [3.05, 3.63) is 64.7 Å². The number of halogens is 5. The van der Waals surface area contributed by atoms with Crippen molar-refractivity contribution in [2.45, 2.75) is 49.8 Å². The maximum absolute atomic E-state index is 13.4. The van der Waals surface area contributed by atoms with Gasteiger partial charge >= 0.3 is 6.18 Å².